The lowest BCUT2D eigenvalue weighted by molar-refractivity contribution is -0.136. The molecule has 114 valence electrons. The second-order valence-electron chi connectivity index (χ2n) is 5.53. The van der Waals surface area contributed by atoms with E-state index < -0.39 is 6.04 Å². The molecule has 1 aliphatic rings. The molecule has 1 saturated heterocycles. The van der Waals surface area contributed by atoms with Crippen LogP contribution in [-0.4, -0.2) is 42.9 Å². The molecule has 5 heteroatoms. The zero-order valence-corrected chi connectivity index (χ0v) is 12.4. The van der Waals surface area contributed by atoms with Crippen LogP contribution in [0.3, 0.4) is 0 Å². The van der Waals surface area contributed by atoms with Crippen LogP contribution in [0.1, 0.15) is 18.4 Å². The maximum Gasteiger partial charge on any atom is 0.239 e. The van der Waals surface area contributed by atoms with Crippen LogP contribution in [0.5, 0.6) is 0 Å². The van der Waals surface area contributed by atoms with E-state index in [-0.39, 0.29) is 17.7 Å². The standard InChI is InChI=1S/C16H23N3O2/c1-18-15(20)13-8-5-9-19(11-13)16(21)14(17)10-12-6-3-2-4-7-12/h2-4,6-7,13-14H,5,8-11,17H2,1H3,(H,18,20)/t13-,14-/m1/s1. The summed E-state index contributed by atoms with van der Waals surface area (Å²) in [6, 6.07) is 9.21. The third kappa shape index (κ3) is 4.04. The lowest BCUT2D eigenvalue weighted by Gasteiger charge is -2.33. The number of nitrogens with one attached hydrogen (secondary N) is 1. The van der Waals surface area contributed by atoms with Gasteiger partial charge in [-0.15, -0.1) is 0 Å². The molecule has 3 N–H and O–H groups in total. The van der Waals surface area contributed by atoms with E-state index >= 15 is 0 Å². The Labute approximate surface area is 125 Å². The number of benzene rings is 1. The van der Waals surface area contributed by atoms with Gasteiger partial charge < -0.3 is 16.0 Å². The van der Waals surface area contributed by atoms with Crippen molar-refractivity contribution < 1.29 is 9.59 Å². The van der Waals surface area contributed by atoms with E-state index in [1.54, 1.807) is 11.9 Å². The number of carbonyl (C=O) groups is 2. The number of hydrogen-bond donors (Lipinski definition) is 2. The molecule has 1 aromatic carbocycles. The maximum absolute atomic E-state index is 12.4. The van der Waals surface area contributed by atoms with Crippen LogP contribution in [0.4, 0.5) is 0 Å². The lowest BCUT2D eigenvalue weighted by atomic mass is 9.96. The zero-order valence-electron chi connectivity index (χ0n) is 12.4. The van der Waals surface area contributed by atoms with Gasteiger partial charge in [0.05, 0.1) is 12.0 Å². The van der Waals surface area contributed by atoms with E-state index in [0.29, 0.717) is 19.5 Å². The quantitative estimate of drug-likeness (QED) is 0.849. The minimum Gasteiger partial charge on any atom is -0.359 e. The molecule has 1 heterocycles. The fourth-order valence-corrected chi connectivity index (χ4v) is 2.79. The number of hydrogen-bond acceptors (Lipinski definition) is 3. The normalized spacial score (nSPS) is 19.9. The van der Waals surface area contributed by atoms with E-state index in [1.807, 2.05) is 30.3 Å². The molecular formula is C16H23N3O2. The van der Waals surface area contributed by atoms with Gasteiger partial charge in [0.15, 0.2) is 0 Å². The van der Waals surface area contributed by atoms with Gasteiger partial charge in [-0.3, -0.25) is 9.59 Å². The molecule has 0 aromatic heterocycles. The molecule has 0 bridgehead atoms. The number of rotatable bonds is 4. The number of amides is 2. The summed E-state index contributed by atoms with van der Waals surface area (Å²) >= 11 is 0. The van der Waals surface area contributed by atoms with E-state index in [9.17, 15) is 9.59 Å². The van der Waals surface area contributed by atoms with Crippen molar-refractivity contribution in [2.75, 3.05) is 20.1 Å². The number of carbonyl (C=O) groups excluding carboxylic acids is 2. The Morgan fingerprint density at radius 2 is 2.10 bits per heavy atom. The first-order chi connectivity index (χ1) is 10.1. The van der Waals surface area contributed by atoms with Crippen molar-refractivity contribution in [1.82, 2.24) is 10.2 Å². The van der Waals surface area contributed by atoms with Gasteiger partial charge in [-0.2, -0.15) is 0 Å². The molecule has 0 aliphatic carbocycles. The number of piperidine rings is 1. The zero-order chi connectivity index (χ0) is 15.2. The molecule has 5 nitrogen and oxygen atoms in total. The number of likely N-dealkylation sites (tertiary alicyclic amines) is 1. The van der Waals surface area contributed by atoms with Crippen molar-refractivity contribution in [2.24, 2.45) is 11.7 Å². The highest BCUT2D eigenvalue weighted by Gasteiger charge is 2.30. The van der Waals surface area contributed by atoms with Crippen molar-refractivity contribution in [3.63, 3.8) is 0 Å². The smallest absolute Gasteiger partial charge is 0.239 e. The molecule has 0 radical (unpaired) electrons. The van der Waals surface area contributed by atoms with Crippen molar-refractivity contribution in [1.29, 1.82) is 0 Å². The molecule has 1 aromatic rings. The van der Waals surface area contributed by atoms with Crippen LogP contribution in [0.25, 0.3) is 0 Å². The minimum absolute atomic E-state index is 0.00382. The third-order valence-corrected chi connectivity index (χ3v) is 3.97. The molecule has 1 fully saturated rings. The summed E-state index contributed by atoms with van der Waals surface area (Å²) in [7, 11) is 1.63. The van der Waals surface area contributed by atoms with E-state index in [0.717, 1.165) is 18.4 Å². The molecule has 2 rings (SSSR count). The summed E-state index contributed by atoms with van der Waals surface area (Å²) < 4.78 is 0. The van der Waals surface area contributed by atoms with Crippen molar-refractivity contribution in [2.45, 2.75) is 25.3 Å². The van der Waals surface area contributed by atoms with Gasteiger partial charge in [-0.1, -0.05) is 30.3 Å². The summed E-state index contributed by atoms with van der Waals surface area (Å²) in [5.74, 6) is -0.173. The van der Waals surface area contributed by atoms with Crippen molar-refractivity contribution in [3.8, 4) is 0 Å². The van der Waals surface area contributed by atoms with Crippen LogP contribution in [0.15, 0.2) is 30.3 Å². The highest BCUT2D eigenvalue weighted by Crippen LogP contribution is 2.17. The molecule has 2 amide bonds. The second-order valence-corrected chi connectivity index (χ2v) is 5.53. The summed E-state index contributed by atoms with van der Waals surface area (Å²) in [6.07, 6.45) is 2.21. The van der Waals surface area contributed by atoms with Gasteiger partial charge in [-0.25, -0.2) is 0 Å². The van der Waals surface area contributed by atoms with Crippen LogP contribution < -0.4 is 11.1 Å². The third-order valence-electron chi connectivity index (χ3n) is 3.97. The summed E-state index contributed by atoms with van der Waals surface area (Å²) in [6.45, 7) is 1.16. The highest BCUT2D eigenvalue weighted by molar-refractivity contribution is 5.84. The lowest BCUT2D eigenvalue weighted by Crippen LogP contribution is -2.50. The summed E-state index contributed by atoms with van der Waals surface area (Å²) in [4.78, 5) is 25.9. The molecule has 0 unspecified atom stereocenters. The molecule has 2 atom stereocenters. The van der Waals surface area contributed by atoms with E-state index in [4.69, 9.17) is 5.73 Å². The molecule has 0 saturated carbocycles. The predicted molar refractivity (Wildman–Crippen MR) is 81.5 cm³/mol. The molecular weight excluding hydrogens is 266 g/mol. The Balaban J connectivity index is 1.94. The monoisotopic (exact) mass is 289 g/mol. The molecule has 21 heavy (non-hydrogen) atoms. The summed E-state index contributed by atoms with van der Waals surface area (Å²) in [5.41, 5.74) is 7.10. The minimum atomic E-state index is -0.546. The van der Waals surface area contributed by atoms with Gasteiger partial charge >= 0.3 is 0 Å². The Morgan fingerprint density at radius 3 is 2.76 bits per heavy atom. The van der Waals surface area contributed by atoms with Gasteiger partial charge in [-0.05, 0) is 24.8 Å². The average molecular weight is 289 g/mol. The highest BCUT2D eigenvalue weighted by atomic mass is 16.2. The molecule has 0 spiro atoms. The Bertz CT molecular complexity index is 490. The topological polar surface area (TPSA) is 75.4 Å². The van der Waals surface area contributed by atoms with Crippen LogP contribution in [-0.2, 0) is 16.0 Å². The Morgan fingerprint density at radius 1 is 1.38 bits per heavy atom. The van der Waals surface area contributed by atoms with E-state index in [1.165, 1.54) is 0 Å². The van der Waals surface area contributed by atoms with Gasteiger partial charge in [0, 0.05) is 20.1 Å². The van der Waals surface area contributed by atoms with Gasteiger partial charge in [0.1, 0.15) is 0 Å². The van der Waals surface area contributed by atoms with Crippen molar-refractivity contribution in [3.05, 3.63) is 35.9 Å². The first kappa shape index (κ1) is 15.5. The van der Waals surface area contributed by atoms with Gasteiger partial charge in [0.2, 0.25) is 11.8 Å². The fourth-order valence-electron chi connectivity index (χ4n) is 2.79. The van der Waals surface area contributed by atoms with Crippen molar-refractivity contribution >= 4 is 11.8 Å². The van der Waals surface area contributed by atoms with Crippen LogP contribution >= 0.6 is 0 Å². The first-order valence-electron chi connectivity index (χ1n) is 7.41. The SMILES string of the molecule is CNC(=O)[C@@H]1CCCN(C(=O)[C@H](N)Cc2ccccc2)C1. The largest absolute Gasteiger partial charge is 0.359 e. The van der Waals surface area contributed by atoms with Gasteiger partial charge in [0.25, 0.3) is 0 Å². The second kappa shape index (κ2) is 7.22. The predicted octanol–water partition coefficient (Wildman–Crippen LogP) is 0.541. The maximum atomic E-state index is 12.4. The number of nitrogens with two attached hydrogens (primary N) is 1. The number of nitrogens with zero attached hydrogens (tertiary/aromatic N) is 1. The first-order valence-corrected chi connectivity index (χ1v) is 7.41. The average Bonchev–Trinajstić information content (AvgIpc) is 2.54. The summed E-state index contributed by atoms with van der Waals surface area (Å²) in [5, 5.41) is 2.66. The van der Waals surface area contributed by atoms with Crippen LogP contribution in [0.2, 0.25) is 0 Å². The fraction of sp³-hybridized carbons (Fsp3) is 0.500. The molecule has 1 aliphatic heterocycles. The Hall–Kier alpha value is -1.88. The van der Waals surface area contributed by atoms with Crippen LogP contribution in [0, 0.1) is 5.92 Å². The van der Waals surface area contributed by atoms with E-state index in [2.05, 4.69) is 5.32 Å². The Kier molecular flexibility index (Phi) is 5.33.